The Morgan fingerprint density at radius 3 is 2.10 bits per heavy atom. The van der Waals surface area contributed by atoms with Gasteiger partial charge in [-0.3, -0.25) is 9.59 Å². The van der Waals surface area contributed by atoms with Crippen LogP contribution in [0.2, 0.25) is 0 Å². The molecule has 1 atom stereocenters. The zero-order chi connectivity index (χ0) is 21.6. The molecule has 0 unspecified atom stereocenters. The van der Waals surface area contributed by atoms with Crippen LogP contribution in [-0.2, 0) is 9.53 Å². The summed E-state index contributed by atoms with van der Waals surface area (Å²) in [5.74, 6) is -1.29. The van der Waals surface area contributed by atoms with Crippen LogP contribution in [0, 0.1) is 11.3 Å². The Labute approximate surface area is 175 Å². The van der Waals surface area contributed by atoms with E-state index in [4.69, 9.17) is 4.74 Å². The molecule has 2 aromatic carbocycles. The van der Waals surface area contributed by atoms with Gasteiger partial charge in [-0.05, 0) is 31.9 Å². The van der Waals surface area contributed by atoms with Gasteiger partial charge in [-0.1, -0.05) is 61.7 Å². The standard InChI is InChI=1S/C24H24N2O4/c1-17(22(28)26-24(16-25)14-6-3-7-15-24)30-23(29)20-12-10-19(11-13-20)21(27)18-8-4-2-5-9-18/h2,4-5,8-13,17H,3,6-7,14-15H2,1H3,(H,26,28)/t17-/m0/s1. The van der Waals surface area contributed by atoms with Gasteiger partial charge in [-0.15, -0.1) is 0 Å². The Hall–Kier alpha value is -3.46. The van der Waals surface area contributed by atoms with Crippen molar-refractivity contribution in [2.24, 2.45) is 0 Å². The van der Waals surface area contributed by atoms with Gasteiger partial charge in [0.15, 0.2) is 11.9 Å². The molecule has 1 amide bonds. The summed E-state index contributed by atoms with van der Waals surface area (Å²) in [6.07, 6.45) is 2.99. The van der Waals surface area contributed by atoms with E-state index >= 15 is 0 Å². The van der Waals surface area contributed by atoms with Crippen molar-refractivity contribution in [3.8, 4) is 6.07 Å². The van der Waals surface area contributed by atoms with Gasteiger partial charge in [0.1, 0.15) is 5.54 Å². The number of ether oxygens (including phenoxy) is 1. The topological polar surface area (TPSA) is 96.3 Å². The van der Waals surface area contributed by atoms with Gasteiger partial charge < -0.3 is 10.1 Å². The van der Waals surface area contributed by atoms with Gasteiger partial charge in [-0.2, -0.15) is 5.26 Å². The average Bonchev–Trinajstić information content (AvgIpc) is 2.79. The second-order valence-corrected chi connectivity index (χ2v) is 7.56. The monoisotopic (exact) mass is 404 g/mol. The molecule has 1 N–H and O–H groups in total. The Kier molecular flexibility index (Phi) is 6.63. The van der Waals surface area contributed by atoms with E-state index in [1.165, 1.54) is 19.1 Å². The molecule has 1 aliphatic rings. The summed E-state index contributed by atoms with van der Waals surface area (Å²) in [7, 11) is 0. The van der Waals surface area contributed by atoms with Gasteiger partial charge in [0.05, 0.1) is 11.6 Å². The molecule has 0 heterocycles. The second kappa shape index (κ2) is 9.36. The van der Waals surface area contributed by atoms with Crippen molar-refractivity contribution in [1.29, 1.82) is 5.26 Å². The number of carbonyl (C=O) groups is 3. The number of hydrogen-bond acceptors (Lipinski definition) is 5. The molecule has 6 nitrogen and oxygen atoms in total. The number of nitriles is 1. The minimum absolute atomic E-state index is 0.141. The second-order valence-electron chi connectivity index (χ2n) is 7.56. The van der Waals surface area contributed by atoms with Crippen molar-refractivity contribution in [3.63, 3.8) is 0 Å². The summed E-state index contributed by atoms with van der Waals surface area (Å²) in [6.45, 7) is 1.48. The van der Waals surface area contributed by atoms with Crippen molar-refractivity contribution < 1.29 is 19.1 Å². The van der Waals surface area contributed by atoms with Gasteiger partial charge in [0, 0.05) is 11.1 Å². The van der Waals surface area contributed by atoms with Crippen molar-refractivity contribution in [1.82, 2.24) is 5.32 Å². The van der Waals surface area contributed by atoms with E-state index < -0.39 is 23.5 Å². The van der Waals surface area contributed by atoms with Crippen molar-refractivity contribution in [2.45, 2.75) is 50.7 Å². The molecule has 30 heavy (non-hydrogen) atoms. The summed E-state index contributed by atoms with van der Waals surface area (Å²) in [6, 6.07) is 17.2. The first-order chi connectivity index (χ1) is 14.4. The fraction of sp³-hybridized carbons (Fsp3) is 0.333. The zero-order valence-corrected chi connectivity index (χ0v) is 16.9. The summed E-state index contributed by atoms with van der Waals surface area (Å²) in [5.41, 5.74) is 0.381. The van der Waals surface area contributed by atoms with Crippen LogP contribution in [-0.4, -0.2) is 29.3 Å². The Morgan fingerprint density at radius 1 is 0.933 bits per heavy atom. The normalized spacial score (nSPS) is 16.0. The van der Waals surface area contributed by atoms with Gasteiger partial charge >= 0.3 is 5.97 Å². The van der Waals surface area contributed by atoms with Gasteiger partial charge in [-0.25, -0.2) is 4.79 Å². The number of esters is 1. The number of benzene rings is 2. The lowest BCUT2D eigenvalue weighted by Gasteiger charge is -2.32. The van der Waals surface area contributed by atoms with Crippen molar-refractivity contribution >= 4 is 17.7 Å². The zero-order valence-electron chi connectivity index (χ0n) is 16.9. The minimum Gasteiger partial charge on any atom is -0.449 e. The molecule has 0 radical (unpaired) electrons. The molecule has 1 fully saturated rings. The lowest BCUT2D eigenvalue weighted by Crippen LogP contribution is -2.52. The molecule has 0 aromatic heterocycles. The molecule has 0 saturated heterocycles. The van der Waals surface area contributed by atoms with Crippen molar-refractivity contribution in [3.05, 3.63) is 71.3 Å². The molecule has 6 heteroatoms. The van der Waals surface area contributed by atoms with E-state index in [2.05, 4.69) is 11.4 Å². The number of nitrogens with one attached hydrogen (secondary N) is 1. The molecule has 1 saturated carbocycles. The number of nitrogens with zero attached hydrogens (tertiary/aromatic N) is 1. The largest absolute Gasteiger partial charge is 0.449 e. The predicted molar refractivity (Wildman–Crippen MR) is 111 cm³/mol. The maximum atomic E-state index is 12.5. The fourth-order valence-corrected chi connectivity index (χ4v) is 3.55. The van der Waals surface area contributed by atoms with Crippen LogP contribution >= 0.6 is 0 Å². The first-order valence-corrected chi connectivity index (χ1v) is 10.1. The number of rotatable bonds is 6. The SMILES string of the molecule is C[C@H](OC(=O)c1ccc(C(=O)c2ccccc2)cc1)C(=O)NC1(C#N)CCCCC1. The van der Waals surface area contributed by atoms with Crippen molar-refractivity contribution in [2.75, 3.05) is 0 Å². The van der Waals surface area contributed by atoms with Gasteiger partial charge in [0.2, 0.25) is 0 Å². The molecular weight excluding hydrogens is 380 g/mol. The van der Waals surface area contributed by atoms with Crippen LogP contribution in [0.1, 0.15) is 65.3 Å². The summed E-state index contributed by atoms with van der Waals surface area (Å²) < 4.78 is 5.27. The molecule has 0 bridgehead atoms. The van der Waals surface area contributed by atoms with Crippen LogP contribution in [0.15, 0.2) is 54.6 Å². The summed E-state index contributed by atoms with van der Waals surface area (Å²) >= 11 is 0. The first kappa shape index (κ1) is 21.3. The highest BCUT2D eigenvalue weighted by Crippen LogP contribution is 2.27. The number of amides is 1. The van der Waals surface area contributed by atoms with E-state index in [1.807, 2.05) is 6.07 Å². The van der Waals surface area contributed by atoms with Crippen LogP contribution in [0.5, 0.6) is 0 Å². The van der Waals surface area contributed by atoms with E-state index in [9.17, 15) is 19.6 Å². The summed E-state index contributed by atoms with van der Waals surface area (Å²) in [4.78, 5) is 37.3. The molecule has 1 aliphatic carbocycles. The number of ketones is 1. The maximum absolute atomic E-state index is 12.5. The maximum Gasteiger partial charge on any atom is 0.338 e. The molecule has 3 rings (SSSR count). The third-order valence-electron chi connectivity index (χ3n) is 5.36. The highest BCUT2D eigenvalue weighted by Gasteiger charge is 2.35. The van der Waals surface area contributed by atoms with E-state index in [0.717, 1.165) is 19.3 Å². The highest BCUT2D eigenvalue weighted by molar-refractivity contribution is 6.09. The van der Waals surface area contributed by atoms with Crippen LogP contribution in [0.3, 0.4) is 0 Å². The number of carbonyl (C=O) groups excluding carboxylic acids is 3. The highest BCUT2D eigenvalue weighted by atomic mass is 16.5. The molecule has 154 valence electrons. The predicted octanol–water partition coefficient (Wildman–Crippen LogP) is 3.81. The third kappa shape index (κ3) is 4.93. The average molecular weight is 404 g/mol. The van der Waals surface area contributed by atoms with Crippen LogP contribution in [0.25, 0.3) is 0 Å². The minimum atomic E-state index is -1.03. The molecule has 0 aliphatic heterocycles. The Balaban J connectivity index is 1.60. The van der Waals surface area contributed by atoms with E-state index in [0.29, 0.717) is 24.0 Å². The first-order valence-electron chi connectivity index (χ1n) is 10.1. The number of hydrogen-bond donors (Lipinski definition) is 1. The molecular formula is C24H24N2O4. The van der Waals surface area contributed by atoms with E-state index in [1.54, 1.807) is 36.4 Å². The summed E-state index contributed by atoms with van der Waals surface area (Å²) in [5, 5.41) is 12.2. The fourth-order valence-electron chi connectivity index (χ4n) is 3.55. The Bertz CT molecular complexity index is 955. The lowest BCUT2D eigenvalue weighted by molar-refractivity contribution is -0.130. The lowest BCUT2D eigenvalue weighted by atomic mass is 9.83. The molecule has 0 spiro atoms. The third-order valence-corrected chi connectivity index (χ3v) is 5.36. The van der Waals surface area contributed by atoms with E-state index in [-0.39, 0.29) is 11.3 Å². The Morgan fingerprint density at radius 2 is 1.50 bits per heavy atom. The quantitative estimate of drug-likeness (QED) is 0.583. The van der Waals surface area contributed by atoms with Crippen LogP contribution < -0.4 is 5.32 Å². The van der Waals surface area contributed by atoms with Crippen LogP contribution in [0.4, 0.5) is 0 Å². The van der Waals surface area contributed by atoms with Gasteiger partial charge in [0.25, 0.3) is 5.91 Å². The molecule has 2 aromatic rings. The smallest absolute Gasteiger partial charge is 0.338 e.